The van der Waals surface area contributed by atoms with Crippen molar-refractivity contribution in [3.8, 4) is 11.5 Å². The molecular formula is C18H17NO5S. The Balaban J connectivity index is 1.49. The van der Waals surface area contributed by atoms with Crippen molar-refractivity contribution in [2.45, 2.75) is 17.9 Å². The number of H-pyrrole nitrogens is 1. The van der Waals surface area contributed by atoms with Crippen LogP contribution >= 0.6 is 0 Å². The van der Waals surface area contributed by atoms with Gasteiger partial charge in [0.2, 0.25) is 0 Å². The zero-order valence-electron chi connectivity index (χ0n) is 13.6. The number of hydrogen-bond donors (Lipinski definition) is 1. The van der Waals surface area contributed by atoms with Crippen LogP contribution in [0.15, 0.2) is 53.6 Å². The lowest BCUT2D eigenvalue weighted by Crippen LogP contribution is -2.34. The molecular weight excluding hydrogens is 342 g/mol. The predicted octanol–water partition coefficient (Wildman–Crippen LogP) is 3.02. The molecule has 0 spiro atoms. The van der Waals surface area contributed by atoms with Crippen LogP contribution in [0.4, 0.5) is 0 Å². The lowest BCUT2D eigenvalue weighted by molar-refractivity contribution is 0.0571. The monoisotopic (exact) mass is 359 g/mol. The lowest BCUT2D eigenvalue weighted by atomic mass is 10.2. The number of fused-ring (bicyclic) bond motifs is 3. The molecule has 0 radical (unpaired) electrons. The van der Waals surface area contributed by atoms with E-state index in [9.17, 15) is 8.42 Å². The van der Waals surface area contributed by atoms with Gasteiger partial charge in [0.25, 0.3) is 10.1 Å². The quantitative estimate of drug-likeness (QED) is 0.725. The van der Waals surface area contributed by atoms with Gasteiger partial charge in [-0.05, 0) is 37.3 Å². The molecule has 7 heteroatoms. The minimum Gasteiger partial charge on any atom is -0.486 e. The van der Waals surface area contributed by atoms with Crippen molar-refractivity contribution in [2.24, 2.45) is 0 Å². The molecule has 0 amide bonds. The van der Waals surface area contributed by atoms with Crippen molar-refractivity contribution in [1.29, 1.82) is 0 Å². The summed E-state index contributed by atoms with van der Waals surface area (Å²) < 4.78 is 41.3. The zero-order chi connectivity index (χ0) is 17.4. The standard InChI is InChI=1S/C18H17NO5S/c1-12-2-4-14(5-3-12)25(20,21)23-11-13-10-22-17-7-6-16-15(8-9-19-16)18(17)24-13/h2-9,13,19H,10-11H2,1H3. The van der Waals surface area contributed by atoms with Crippen molar-refractivity contribution < 1.29 is 22.1 Å². The van der Waals surface area contributed by atoms with E-state index in [-0.39, 0.29) is 18.1 Å². The van der Waals surface area contributed by atoms with Crippen LogP contribution in [0.25, 0.3) is 10.9 Å². The second kappa shape index (κ2) is 6.09. The van der Waals surface area contributed by atoms with Crippen LogP contribution in [0.3, 0.4) is 0 Å². The van der Waals surface area contributed by atoms with E-state index in [1.807, 2.05) is 31.3 Å². The van der Waals surface area contributed by atoms with Crippen molar-refractivity contribution in [3.63, 3.8) is 0 Å². The van der Waals surface area contributed by atoms with E-state index in [1.165, 1.54) is 12.1 Å². The highest BCUT2D eigenvalue weighted by Crippen LogP contribution is 2.38. The molecule has 2 aromatic carbocycles. The van der Waals surface area contributed by atoms with Crippen LogP contribution in [0.5, 0.6) is 11.5 Å². The molecule has 130 valence electrons. The largest absolute Gasteiger partial charge is 0.486 e. The van der Waals surface area contributed by atoms with Crippen LogP contribution in [0, 0.1) is 6.92 Å². The second-order valence-corrected chi connectivity index (χ2v) is 7.55. The molecule has 0 aliphatic carbocycles. The van der Waals surface area contributed by atoms with Gasteiger partial charge in [-0.2, -0.15) is 8.42 Å². The SMILES string of the molecule is Cc1ccc(S(=O)(=O)OCC2COc3ccc4[nH]ccc4c3O2)cc1. The molecule has 0 saturated carbocycles. The molecule has 0 saturated heterocycles. The highest BCUT2D eigenvalue weighted by atomic mass is 32.2. The fourth-order valence-corrected chi connectivity index (χ4v) is 3.66. The zero-order valence-corrected chi connectivity index (χ0v) is 14.4. The Bertz CT molecular complexity index is 1010. The first kappa shape index (κ1) is 16.0. The number of rotatable bonds is 4. The van der Waals surface area contributed by atoms with E-state index >= 15 is 0 Å². The number of ether oxygens (including phenoxy) is 2. The molecule has 2 heterocycles. The first-order valence-corrected chi connectivity index (χ1v) is 9.29. The van der Waals surface area contributed by atoms with E-state index in [1.54, 1.807) is 12.1 Å². The minimum atomic E-state index is -3.83. The summed E-state index contributed by atoms with van der Waals surface area (Å²) in [6.45, 7) is 2.01. The summed E-state index contributed by atoms with van der Waals surface area (Å²) in [6.07, 6.45) is 1.31. The van der Waals surface area contributed by atoms with Gasteiger partial charge in [-0.3, -0.25) is 4.18 Å². The Morgan fingerprint density at radius 1 is 1.16 bits per heavy atom. The van der Waals surface area contributed by atoms with Gasteiger partial charge >= 0.3 is 0 Å². The summed E-state index contributed by atoms with van der Waals surface area (Å²) in [5.41, 5.74) is 1.91. The summed E-state index contributed by atoms with van der Waals surface area (Å²) in [7, 11) is -3.83. The molecule has 3 aromatic rings. The minimum absolute atomic E-state index is 0.115. The first-order chi connectivity index (χ1) is 12.0. The highest BCUT2D eigenvalue weighted by molar-refractivity contribution is 7.86. The average Bonchev–Trinajstić information content (AvgIpc) is 3.09. The Morgan fingerprint density at radius 2 is 1.96 bits per heavy atom. The van der Waals surface area contributed by atoms with Crippen LogP contribution < -0.4 is 9.47 Å². The number of aromatic amines is 1. The number of aromatic nitrogens is 1. The Kier molecular flexibility index (Phi) is 3.89. The van der Waals surface area contributed by atoms with Gasteiger partial charge in [-0.1, -0.05) is 17.7 Å². The van der Waals surface area contributed by atoms with Crippen molar-refractivity contribution in [2.75, 3.05) is 13.2 Å². The molecule has 4 rings (SSSR count). The molecule has 25 heavy (non-hydrogen) atoms. The first-order valence-electron chi connectivity index (χ1n) is 7.88. The molecule has 0 fully saturated rings. The third-order valence-electron chi connectivity index (χ3n) is 4.08. The molecule has 1 atom stereocenters. The number of nitrogens with one attached hydrogen (secondary N) is 1. The van der Waals surface area contributed by atoms with Gasteiger partial charge in [0.1, 0.15) is 13.2 Å². The van der Waals surface area contributed by atoms with Crippen molar-refractivity contribution in [1.82, 2.24) is 4.98 Å². The molecule has 1 N–H and O–H groups in total. The third kappa shape index (κ3) is 3.08. The van der Waals surface area contributed by atoms with Gasteiger partial charge in [-0.25, -0.2) is 0 Å². The Morgan fingerprint density at radius 3 is 2.76 bits per heavy atom. The third-order valence-corrected chi connectivity index (χ3v) is 5.37. The van der Waals surface area contributed by atoms with Gasteiger partial charge < -0.3 is 14.5 Å². The van der Waals surface area contributed by atoms with Crippen LogP contribution in [0.2, 0.25) is 0 Å². The number of benzene rings is 2. The number of hydrogen-bond acceptors (Lipinski definition) is 5. The maximum atomic E-state index is 12.3. The summed E-state index contributed by atoms with van der Waals surface area (Å²) in [5, 5.41) is 0.892. The van der Waals surface area contributed by atoms with E-state index in [2.05, 4.69) is 4.98 Å². The molecule has 1 aliphatic heterocycles. The lowest BCUT2D eigenvalue weighted by Gasteiger charge is -2.26. The summed E-state index contributed by atoms with van der Waals surface area (Å²) in [4.78, 5) is 3.23. The van der Waals surface area contributed by atoms with Gasteiger partial charge in [-0.15, -0.1) is 0 Å². The normalized spacial score (nSPS) is 16.9. The molecule has 1 aromatic heterocycles. The van der Waals surface area contributed by atoms with E-state index < -0.39 is 16.2 Å². The van der Waals surface area contributed by atoms with Crippen molar-refractivity contribution in [3.05, 3.63) is 54.2 Å². The fraction of sp³-hybridized carbons (Fsp3) is 0.222. The fourth-order valence-electron chi connectivity index (χ4n) is 2.72. The van der Waals surface area contributed by atoms with Gasteiger partial charge in [0.15, 0.2) is 17.6 Å². The van der Waals surface area contributed by atoms with E-state index in [0.29, 0.717) is 11.5 Å². The topological polar surface area (TPSA) is 77.6 Å². The summed E-state index contributed by atoms with van der Waals surface area (Å²) >= 11 is 0. The van der Waals surface area contributed by atoms with Crippen LogP contribution in [0.1, 0.15) is 5.56 Å². The van der Waals surface area contributed by atoms with E-state index in [4.69, 9.17) is 13.7 Å². The van der Waals surface area contributed by atoms with E-state index in [0.717, 1.165) is 16.5 Å². The van der Waals surface area contributed by atoms with Gasteiger partial charge in [0.05, 0.1) is 4.90 Å². The molecule has 1 unspecified atom stereocenters. The summed E-state index contributed by atoms with van der Waals surface area (Å²) in [5.74, 6) is 1.25. The molecule has 6 nitrogen and oxygen atoms in total. The Labute approximate surface area is 145 Å². The average molecular weight is 359 g/mol. The highest BCUT2D eigenvalue weighted by Gasteiger charge is 2.26. The number of aryl methyl sites for hydroxylation is 1. The van der Waals surface area contributed by atoms with Gasteiger partial charge in [0, 0.05) is 17.1 Å². The van der Waals surface area contributed by atoms with Crippen LogP contribution in [-0.4, -0.2) is 32.7 Å². The molecule has 1 aliphatic rings. The van der Waals surface area contributed by atoms with Crippen LogP contribution in [-0.2, 0) is 14.3 Å². The smallest absolute Gasteiger partial charge is 0.297 e. The summed E-state index contributed by atoms with van der Waals surface area (Å²) in [6, 6.07) is 12.2. The maximum Gasteiger partial charge on any atom is 0.297 e. The van der Waals surface area contributed by atoms with Crippen molar-refractivity contribution >= 4 is 21.0 Å². The maximum absolute atomic E-state index is 12.3. The second-order valence-electron chi connectivity index (χ2n) is 5.93. The Hall–Kier alpha value is -2.51. The molecule has 0 bridgehead atoms. The predicted molar refractivity (Wildman–Crippen MR) is 92.5 cm³/mol.